The molecule has 1 fully saturated rings. The number of nitrogens with zero attached hydrogens (tertiary/aromatic N) is 1. The normalized spacial score (nSPS) is 15.2. The molecule has 1 aromatic rings. The second kappa shape index (κ2) is 6.96. The van der Waals surface area contributed by atoms with E-state index in [0.717, 1.165) is 23.6 Å². The maximum Gasteiger partial charge on any atom is 0.135 e. The van der Waals surface area contributed by atoms with Gasteiger partial charge in [0.1, 0.15) is 7.85 Å². The summed E-state index contributed by atoms with van der Waals surface area (Å²) < 4.78 is 0. The van der Waals surface area contributed by atoms with Crippen molar-refractivity contribution in [1.82, 2.24) is 0 Å². The maximum atomic E-state index is 5.66. The smallest absolute Gasteiger partial charge is 0.135 e. The molecule has 1 aliphatic rings. The van der Waals surface area contributed by atoms with Crippen molar-refractivity contribution in [3.05, 3.63) is 23.8 Å². The fourth-order valence-corrected chi connectivity index (χ4v) is 1.55. The Labute approximate surface area is 109 Å². The Morgan fingerprint density at radius 1 is 1.47 bits per heavy atom. The molecule has 3 heteroatoms. The van der Waals surface area contributed by atoms with Crippen molar-refractivity contribution in [1.29, 1.82) is 0 Å². The van der Waals surface area contributed by atoms with Crippen LogP contribution in [-0.2, 0) is 0 Å². The van der Waals surface area contributed by atoms with Gasteiger partial charge in [-0.1, -0.05) is 32.8 Å². The lowest BCUT2D eigenvalue weighted by Crippen LogP contribution is -1.95. The number of benzene rings is 1. The molecular formula is C14H21BNP. The molecule has 1 nitrogen and oxygen atoms in total. The van der Waals surface area contributed by atoms with Gasteiger partial charge < -0.3 is 0 Å². The largest absolute Gasteiger partial charge is 0.269 e. The number of hydrogen-bond donors (Lipinski definition) is 0. The molecular weight excluding hydrogens is 224 g/mol. The minimum Gasteiger partial charge on any atom is -0.269 e. The Balaban J connectivity index is 0.000000302. The summed E-state index contributed by atoms with van der Waals surface area (Å²) in [5.41, 5.74) is 2.80. The number of rotatable bonds is 2. The first kappa shape index (κ1) is 14.4. The fraction of sp³-hybridized carbons (Fsp3) is 0.500. The lowest BCUT2D eigenvalue weighted by molar-refractivity contribution is 0.983. The van der Waals surface area contributed by atoms with Crippen LogP contribution in [-0.4, -0.2) is 13.5 Å². The monoisotopic (exact) mass is 245 g/mol. The summed E-state index contributed by atoms with van der Waals surface area (Å²) in [6.07, 6.45) is 3.77. The van der Waals surface area contributed by atoms with Crippen LogP contribution in [0.4, 0.5) is 5.69 Å². The van der Waals surface area contributed by atoms with Crippen molar-refractivity contribution in [2.45, 2.75) is 40.0 Å². The molecule has 1 saturated carbocycles. The molecule has 0 bridgehead atoms. The summed E-state index contributed by atoms with van der Waals surface area (Å²) in [4.78, 5) is 4.30. The Kier molecular flexibility index (Phi) is 5.92. The first-order valence-electron chi connectivity index (χ1n) is 6.22. The minimum absolute atomic E-state index is 0.680. The molecule has 0 N–H and O–H groups in total. The van der Waals surface area contributed by atoms with Gasteiger partial charge in [0.25, 0.3) is 0 Å². The summed E-state index contributed by atoms with van der Waals surface area (Å²) in [5, 5.41) is 1.17. The summed E-state index contributed by atoms with van der Waals surface area (Å²) in [5.74, 6) is 1.08. The molecule has 90 valence electrons. The van der Waals surface area contributed by atoms with Gasteiger partial charge in [-0.3, -0.25) is 4.99 Å². The lowest BCUT2D eigenvalue weighted by Gasteiger charge is -2.02. The van der Waals surface area contributed by atoms with Crippen molar-refractivity contribution in [2.75, 3.05) is 0 Å². The molecule has 0 saturated heterocycles. The Morgan fingerprint density at radius 3 is 2.47 bits per heavy atom. The van der Waals surface area contributed by atoms with E-state index < -0.39 is 0 Å². The average molecular weight is 245 g/mol. The van der Waals surface area contributed by atoms with E-state index in [2.05, 4.69) is 27.2 Å². The molecule has 2 rings (SSSR count). The summed E-state index contributed by atoms with van der Waals surface area (Å²) in [7, 11) is 8.32. The van der Waals surface area contributed by atoms with Gasteiger partial charge in [0.2, 0.25) is 0 Å². The van der Waals surface area contributed by atoms with E-state index in [-0.39, 0.29) is 0 Å². The van der Waals surface area contributed by atoms with Crippen LogP contribution < -0.4 is 5.30 Å². The van der Waals surface area contributed by atoms with E-state index in [1.807, 2.05) is 26.0 Å². The Bertz CT molecular complexity index is 397. The molecule has 0 amide bonds. The topological polar surface area (TPSA) is 12.4 Å². The highest BCUT2D eigenvalue weighted by atomic mass is 31.0. The van der Waals surface area contributed by atoms with Gasteiger partial charge in [-0.05, 0) is 47.9 Å². The van der Waals surface area contributed by atoms with Crippen LogP contribution in [0.3, 0.4) is 0 Å². The van der Waals surface area contributed by atoms with Crippen LogP contribution in [0.2, 0.25) is 0 Å². The minimum atomic E-state index is 0.680. The molecule has 0 heterocycles. The van der Waals surface area contributed by atoms with Gasteiger partial charge in [0.15, 0.2) is 0 Å². The van der Waals surface area contributed by atoms with E-state index in [4.69, 9.17) is 7.85 Å². The summed E-state index contributed by atoms with van der Waals surface area (Å²) >= 11 is 0. The third kappa shape index (κ3) is 6.03. The van der Waals surface area contributed by atoms with Crippen LogP contribution in [0, 0.1) is 12.8 Å². The van der Waals surface area contributed by atoms with Crippen LogP contribution in [0.5, 0.6) is 0 Å². The molecule has 0 aromatic heterocycles. The molecule has 1 aliphatic carbocycles. The predicted molar refractivity (Wildman–Crippen MR) is 82.1 cm³/mol. The van der Waals surface area contributed by atoms with Crippen LogP contribution >= 0.6 is 9.24 Å². The molecule has 2 radical (unpaired) electrons. The number of aryl methyl sites for hydroxylation is 1. The predicted octanol–water partition coefficient (Wildman–Crippen LogP) is 3.52. The van der Waals surface area contributed by atoms with Crippen molar-refractivity contribution >= 4 is 33.7 Å². The second-order valence-electron chi connectivity index (χ2n) is 4.69. The Hall–Kier alpha value is -0.615. The maximum absolute atomic E-state index is 5.66. The van der Waals surface area contributed by atoms with Crippen molar-refractivity contribution in [3.63, 3.8) is 0 Å². The quantitative estimate of drug-likeness (QED) is 0.429. The standard InChI is InChI=1S/C10H13BNP.C4H8/c1-3-10(11)12-9-5-4-8(13)6-7(9)2;1-4-2-3-4/h4-6H,3,13H2,1-2H3;4H,2-3H2,1H3. The van der Waals surface area contributed by atoms with Crippen LogP contribution in [0.15, 0.2) is 23.2 Å². The first-order chi connectivity index (χ1) is 8.02. The molecule has 0 aliphatic heterocycles. The average Bonchev–Trinajstić information content (AvgIpc) is 3.05. The van der Waals surface area contributed by atoms with Gasteiger partial charge in [0, 0.05) is 0 Å². The van der Waals surface area contributed by atoms with E-state index in [9.17, 15) is 0 Å². The number of aliphatic imine (C=N–C) groups is 1. The van der Waals surface area contributed by atoms with Gasteiger partial charge in [-0.15, -0.1) is 9.24 Å². The zero-order valence-electron chi connectivity index (χ0n) is 11.0. The van der Waals surface area contributed by atoms with Gasteiger partial charge in [-0.2, -0.15) is 0 Å². The third-order valence-electron chi connectivity index (χ3n) is 2.71. The molecule has 0 spiro atoms. The Morgan fingerprint density at radius 2 is 2.06 bits per heavy atom. The lowest BCUT2D eigenvalue weighted by atomic mass is 9.98. The second-order valence-corrected chi connectivity index (χ2v) is 5.35. The zero-order valence-corrected chi connectivity index (χ0v) is 12.2. The number of hydrogen-bond acceptors (Lipinski definition) is 1. The van der Waals surface area contributed by atoms with E-state index in [1.165, 1.54) is 18.1 Å². The SMILES string of the molecule is CC1CC1.[B]C(CC)=Nc1ccc(P)cc1C. The van der Waals surface area contributed by atoms with E-state index in [1.54, 1.807) is 0 Å². The van der Waals surface area contributed by atoms with E-state index in [0.29, 0.717) is 5.61 Å². The van der Waals surface area contributed by atoms with Crippen molar-refractivity contribution in [2.24, 2.45) is 10.9 Å². The van der Waals surface area contributed by atoms with Gasteiger partial charge >= 0.3 is 0 Å². The van der Waals surface area contributed by atoms with Crippen LogP contribution in [0.1, 0.15) is 38.7 Å². The zero-order chi connectivity index (χ0) is 12.8. The summed E-state index contributed by atoms with van der Waals surface area (Å²) in [6.45, 7) is 6.31. The van der Waals surface area contributed by atoms with Crippen LogP contribution in [0.25, 0.3) is 0 Å². The van der Waals surface area contributed by atoms with Gasteiger partial charge in [-0.25, -0.2) is 0 Å². The highest BCUT2D eigenvalue weighted by Gasteiger charge is 2.12. The molecule has 1 aromatic carbocycles. The fourth-order valence-electron chi connectivity index (χ4n) is 1.20. The summed E-state index contributed by atoms with van der Waals surface area (Å²) in [6, 6.07) is 6.08. The van der Waals surface area contributed by atoms with E-state index >= 15 is 0 Å². The highest BCUT2D eigenvalue weighted by Crippen LogP contribution is 2.26. The third-order valence-corrected chi connectivity index (χ3v) is 3.07. The highest BCUT2D eigenvalue weighted by molar-refractivity contribution is 7.27. The molecule has 1 atom stereocenters. The first-order valence-corrected chi connectivity index (χ1v) is 6.79. The van der Waals surface area contributed by atoms with Crippen molar-refractivity contribution < 1.29 is 0 Å². The van der Waals surface area contributed by atoms with Gasteiger partial charge in [0.05, 0.1) is 5.69 Å². The van der Waals surface area contributed by atoms with Crippen molar-refractivity contribution in [3.8, 4) is 0 Å². The molecule has 17 heavy (non-hydrogen) atoms. The molecule has 1 unspecified atom stereocenters.